The molecule has 0 spiro atoms. The van der Waals surface area contributed by atoms with Crippen LogP contribution in [0.1, 0.15) is 18.9 Å². The summed E-state index contributed by atoms with van der Waals surface area (Å²) in [4.78, 5) is 16.7. The maximum atomic E-state index is 11.1. The predicted octanol–water partition coefficient (Wildman–Crippen LogP) is 3.13. The van der Waals surface area contributed by atoms with Crippen LogP contribution in [0.2, 0.25) is 0 Å². The van der Waals surface area contributed by atoms with Gasteiger partial charge in [0.15, 0.2) is 0 Å². The first-order valence-corrected chi connectivity index (χ1v) is 6.89. The van der Waals surface area contributed by atoms with Crippen molar-refractivity contribution in [3.05, 3.63) is 23.8 Å². The smallest absolute Gasteiger partial charge is 0.412 e. The number of thioether (sulfide) groups is 1. The molecule has 96 valence electrons. The van der Waals surface area contributed by atoms with Crippen LogP contribution in [0.25, 0.3) is 0 Å². The monoisotopic (exact) mass is 264 g/mol. The predicted molar refractivity (Wildman–Crippen MR) is 73.8 cm³/mol. The number of carbonyl (C=O) groups is 1. The summed E-state index contributed by atoms with van der Waals surface area (Å²) in [5.41, 5.74) is 2.09. The first-order valence-electron chi connectivity index (χ1n) is 5.91. The van der Waals surface area contributed by atoms with Crippen molar-refractivity contribution in [2.24, 2.45) is 4.99 Å². The molecule has 1 amide bonds. The maximum Gasteiger partial charge on any atom is 0.412 e. The summed E-state index contributed by atoms with van der Waals surface area (Å²) < 4.78 is 4.55. The second-order valence-corrected chi connectivity index (χ2v) is 5.16. The van der Waals surface area contributed by atoms with Gasteiger partial charge in [0.1, 0.15) is 5.84 Å². The molecule has 0 fully saturated rings. The second kappa shape index (κ2) is 5.91. The van der Waals surface area contributed by atoms with Gasteiger partial charge in [-0.1, -0.05) is 6.92 Å². The van der Waals surface area contributed by atoms with Crippen LogP contribution in [0.3, 0.4) is 0 Å². The van der Waals surface area contributed by atoms with Gasteiger partial charge >= 0.3 is 6.09 Å². The van der Waals surface area contributed by atoms with Gasteiger partial charge < -0.3 is 4.74 Å². The molecule has 0 radical (unpaired) electrons. The van der Waals surface area contributed by atoms with Gasteiger partial charge in [0, 0.05) is 11.3 Å². The van der Waals surface area contributed by atoms with E-state index in [1.807, 2.05) is 17.8 Å². The number of fused-ring (bicyclic) bond motifs is 1. The van der Waals surface area contributed by atoms with Gasteiger partial charge in [-0.25, -0.2) is 9.79 Å². The van der Waals surface area contributed by atoms with Crippen LogP contribution in [0, 0.1) is 0 Å². The summed E-state index contributed by atoms with van der Waals surface area (Å²) >= 11 is 1.84. The van der Waals surface area contributed by atoms with Gasteiger partial charge in [-0.3, -0.25) is 5.32 Å². The number of alkyl carbamates (subject to hydrolysis) is 1. The summed E-state index contributed by atoms with van der Waals surface area (Å²) in [6.45, 7) is 2.17. The van der Waals surface area contributed by atoms with Crippen molar-refractivity contribution >= 4 is 29.4 Å². The number of benzene rings is 1. The minimum atomic E-state index is -0.470. The van der Waals surface area contributed by atoms with Crippen LogP contribution in [0.15, 0.2) is 28.1 Å². The molecule has 1 aromatic carbocycles. The summed E-state index contributed by atoms with van der Waals surface area (Å²) in [6, 6.07) is 6.22. The molecule has 0 aliphatic carbocycles. The number of amides is 1. The fourth-order valence-corrected chi connectivity index (χ4v) is 2.56. The van der Waals surface area contributed by atoms with Crippen LogP contribution in [-0.2, 0) is 11.2 Å². The summed E-state index contributed by atoms with van der Waals surface area (Å²) in [5.74, 6) is 1.77. The van der Waals surface area contributed by atoms with E-state index in [1.165, 1.54) is 12.0 Å². The van der Waals surface area contributed by atoms with Crippen molar-refractivity contribution < 1.29 is 9.53 Å². The molecular weight excluding hydrogens is 248 g/mol. The lowest BCUT2D eigenvalue weighted by molar-refractivity contribution is 0.176. The van der Waals surface area contributed by atoms with E-state index in [1.54, 1.807) is 0 Å². The maximum absolute atomic E-state index is 11.1. The number of rotatable bonds is 3. The zero-order valence-corrected chi connectivity index (χ0v) is 11.3. The zero-order valence-electron chi connectivity index (χ0n) is 10.5. The Morgan fingerprint density at radius 3 is 3.11 bits per heavy atom. The number of amidine groups is 1. The van der Waals surface area contributed by atoms with Crippen molar-refractivity contribution in [1.29, 1.82) is 0 Å². The number of carbonyl (C=O) groups excluding carboxylic acids is 1. The zero-order chi connectivity index (χ0) is 13.0. The Morgan fingerprint density at radius 1 is 1.56 bits per heavy atom. The van der Waals surface area contributed by atoms with Crippen LogP contribution >= 0.6 is 11.8 Å². The Bertz CT molecular complexity index is 486. The topological polar surface area (TPSA) is 50.7 Å². The average molecular weight is 264 g/mol. The molecule has 0 saturated heterocycles. The fraction of sp³-hybridized carbons (Fsp3) is 0.385. The number of nitrogens with one attached hydrogen (secondary N) is 1. The van der Waals surface area contributed by atoms with E-state index >= 15 is 0 Å². The molecule has 0 unspecified atom stereocenters. The second-order valence-electron chi connectivity index (χ2n) is 3.99. The Labute approximate surface area is 111 Å². The lowest BCUT2D eigenvalue weighted by Crippen LogP contribution is -2.30. The molecule has 2 rings (SSSR count). The van der Waals surface area contributed by atoms with E-state index in [4.69, 9.17) is 0 Å². The van der Waals surface area contributed by atoms with E-state index in [2.05, 4.69) is 34.1 Å². The molecule has 4 nitrogen and oxygen atoms in total. The van der Waals surface area contributed by atoms with E-state index in [9.17, 15) is 4.79 Å². The average Bonchev–Trinajstić information content (AvgIpc) is 2.77. The third-order valence-corrected chi connectivity index (χ3v) is 3.77. The normalized spacial score (nSPS) is 12.9. The van der Waals surface area contributed by atoms with Crippen molar-refractivity contribution in [2.45, 2.75) is 24.7 Å². The van der Waals surface area contributed by atoms with Crippen molar-refractivity contribution in [2.75, 3.05) is 12.9 Å². The third kappa shape index (κ3) is 3.04. The fourth-order valence-electron chi connectivity index (χ4n) is 1.73. The summed E-state index contributed by atoms with van der Waals surface area (Å²) in [5, 5.41) is 2.62. The Morgan fingerprint density at radius 2 is 2.39 bits per heavy atom. The highest BCUT2D eigenvalue weighted by atomic mass is 32.2. The summed E-state index contributed by atoms with van der Waals surface area (Å²) in [7, 11) is 1.34. The van der Waals surface area contributed by atoms with Gasteiger partial charge in [0.25, 0.3) is 0 Å². The van der Waals surface area contributed by atoms with Crippen molar-refractivity contribution in [3.8, 4) is 0 Å². The Balaban J connectivity index is 2.04. The minimum absolute atomic E-state index is 0.470. The molecule has 5 heteroatoms. The first kappa shape index (κ1) is 13.0. The number of hydrogen-bond donors (Lipinski definition) is 1. The Hall–Kier alpha value is -1.49. The molecule has 18 heavy (non-hydrogen) atoms. The number of ether oxygens (including phenoxy) is 1. The molecule has 0 atom stereocenters. The highest BCUT2D eigenvalue weighted by Gasteiger charge is 2.16. The molecule has 0 bridgehead atoms. The molecule has 1 aliphatic rings. The van der Waals surface area contributed by atoms with E-state index in [0.29, 0.717) is 12.3 Å². The molecule has 0 aromatic heterocycles. The van der Waals surface area contributed by atoms with E-state index < -0.39 is 6.09 Å². The number of hydrogen-bond acceptors (Lipinski definition) is 4. The molecule has 1 heterocycles. The molecule has 1 aromatic rings. The highest BCUT2D eigenvalue weighted by Crippen LogP contribution is 2.30. The first-order chi connectivity index (χ1) is 8.72. The van der Waals surface area contributed by atoms with Gasteiger partial charge in [-0.15, -0.1) is 11.8 Å². The molecule has 1 N–H and O–H groups in total. The van der Waals surface area contributed by atoms with Gasteiger partial charge in [-0.2, -0.15) is 0 Å². The van der Waals surface area contributed by atoms with E-state index in [-0.39, 0.29) is 0 Å². The molecular formula is C13H16N2O2S. The number of nitrogens with zero attached hydrogens (tertiary/aromatic N) is 1. The largest absolute Gasteiger partial charge is 0.453 e. The van der Waals surface area contributed by atoms with Gasteiger partial charge in [0.05, 0.1) is 12.8 Å². The SMILES string of the molecule is CCCSc1ccc2c(c1)CC(NC(=O)OC)=N2. The summed E-state index contributed by atoms with van der Waals surface area (Å²) in [6.07, 6.45) is 1.35. The van der Waals surface area contributed by atoms with Crippen LogP contribution < -0.4 is 5.32 Å². The molecule has 0 saturated carbocycles. The van der Waals surface area contributed by atoms with Crippen molar-refractivity contribution in [3.63, 3.8) is 0 Å². The quantitative estimate of drug-likeness (QED) is 0.853. The Kier molecular flexibility index (Phi) is 4.25. The van der Waals surface area contributed by atoms with Crippen LogP contribution in [0.5, 0.6) is 0 Å². The van der Waals surface area contributed by atoms with Crippen molar-refractivity contribution in [1.82, 2.24) is 5.32 Å². The molecule has 1 aliphatic heterocycles. The third-order valence-electron chi connectivity index (χ3n) is 2.57. The lowest BCUT2D eigenvalue weighted by Gasteiger charge is -2.03. The van der Waals surface area contributed by atoms with Gasteiger partial charge in [-0.05, 0) is 35.9 Å². The standard InChI is InChI=1S/C13H16N2O2S/c1-3-6-18-10-4-5-11-9(7-10)8-12(14-11)15-13(16)17-2/h4-5,7H,3,6,8H2,1-2H3,(H,14,15,16). The number of methoxy groups -OCH3 is 1. The number of aliphatic imine (C=N–C) groups is 1. The van der Waals surface area contributed by atoms with Gasteiger partial charge in [0.2, 0.25) is 0 Å². The highest BCUT2D eigenvalue weighted by molar-refractivity contribution is 7.99. The van der Waals surface area contributed by atoms with E-state index in [0.717, 1.165) is 23.4 Å². The van der Waals surface area contributed by atoms with Crippen LogP contribution in [0.4, 0.5) is 10.5 Å². The minimum Gasteiger partial charge on any atom is -0.453 e. The lowest BCUT2D eigenvalue weighted by atomic mass is 10.1. The van der Waals surface area contributed by atoms with Crippen LogP contribution in [-0.4, -0.2) is 24.8 Å².